The minimum absolute atomic E-state index is 0.106. The third-order valence-corrected chi connectivity index (χ3v) is 5.17. The molecule has 0 bridgehead atoms. The number of carbonyl (C=O) groups is 1. The van der Waals surface area contributed by atoms with E-state index >= 15 is 0 Å². The van der Waals surface area contributed by atoms with Crippen LogP contribution in [0.5, 0.6) is 0 Å². The Hall–Kier alpha value is -0.620. The first-order valence-corrected chi connectivity index (χ1v) is 6.33. The molecule has 1 atom stereocenters. The van der Waals surface area contributed by atoms with Gasteiger partial charge in [-0.25, -0.2) is 12.7 Å². The van der Waals surface area contributed by atoms with Crippen molar-refractivity contribution in [2.24, 2.45) is 5.92 Å². The first kappa shape index (κ1) is 12.4. The van der Waals surface area contributed by atoms with Crippen LogP contribution < -0.4 is 0 Å². The van der Waals surface area contributed by atoms with Gasteiger partial charge in [-0.05, 0) is 27.2 Å². The Morgan fingerprint density at radius 2 is 1.93 bits per heavy atom. The largest absolute Gasteiger partial charge is 0.481 e. The number of carboxylic acid groups (broad SMARTS) is 1. The Bertz CT molecular complexity index is 355. The van der Waals surface area contributed by atoms with Crippen LogP contribution in [0.2, 0.25) is 0 Å². The van der Waals surface area contributed by atoms with Crippen molar-refractivity contribution in [2.75, 3.05) is 13.1 Å². The predicted molar refractivity (Wildman–Crippen MR) is 56.0 cm³/mol. The molecule has 1 aliphatic rings. The average Bonchev–Trinajstić information content (AvgIpc) is 2.49. The smallest absolute Gasteiger partial charge is 0.307 e. The maximum absolute atomic E-state index is 12.0. The molecule has 0 saturated carbocycles. The number of nitrogens with zero attached hydrogens (tertiary/aromatic N) is 1. The Labute approximate surface area is 90.1 Å². The lowest BCUT2D eigenvalue weighted by Gasteiger charge is -2.26. The van der Waals surface area contributed by atoms with Gasteiger partial charge in [0.15, 0.2) is 0 Å². The number of hydrogen-bond donors (Lipinski definition) is 1. The van der Waals surface area contributed by atoms with Crippen molar-refractivity contribution in [1.29, 1.82) is 0 Å². The highest BCUT2D eigenvalue weighted by Gasteiger charge is 2.40. The first-order chi connectivity index (χ1) is 6.66. The van der Waals surface area contributed by atoms with Crippen LogP contribution in [0.25, 0.3) is 0 Å². The summed E-state index contributed by atoms with van der Waals surface area (Å²) in [5, 5.41) is 8.78. The Kier molecular flexibility index (Phi) is 3.11. The Morgan fingerprint density at radius 1 is 1.40 bits per heavy atom. The van der Waals surface area contributed by atoms with Gasteiger partial charge in [0.2, 0.25) is 10.0 Å². The molecule has 1 saturated heterocycles. The molecule has 0 radical (unpaired) electrons. The van der Waals surface area contributed by atoms with Gasteiger partial charge >= 0.3 is 5.97 Å². The summed E-state index contributed by atoms with van der Waals surface area (Å²) in [6.07, 6.45) is 0.407. The second-order valence-electron chi connectivity index (χ2n) is 4.80. The Balaban J connectivity index is 2.82. The predicted octanol–water partition coefficient (Wildman–Crippen LogP) is 0.521. The summed E-state index contributed by atoms with van der Waals surface area (Å²) in [4.78, 5) is 10.7. The van der Waals surface area contributed by atoms with E-state index in [2.05, 4.69) is 0 Å². The van der Waals surface area contributed by atoms with E-state index in [1.54, 1.807) is 20.8 Å². The van der Waals surface area contributed by atoms with Gasteiger partial charge < -0.3 is 5.11 Å². The maximum atomic E-state index is 12.0. The lowest BCUT2D eigenvalue weighted by molar-refractivity contribution is -0.141. The minimum atomic E-state index is -3.37. The van der Waals surface area contributed by atoms with E-state index in [1.807, 2.05) is 0 Å². The fraction of sp³-hybridized carbons (Fsp3) is 0.889. The van der Waals surface area contributed by atoms with Crippen molar-refractivity contribution < 1.29 is 18.3 Å². The fourth-order valence-electron chi connectivity index (χ4n) is 1.54. The van der Waals surface area contributed by atoms with E-state index in [9.17, 15) is 13.2 Å². The topological polar surface area (TPSA) is 74.7 Å². The molecule has 1 aliphatic heterocycles. The molecule has 1 rings (SSSR count). The van der Waals surface area contributed by atoms with E-state index in [4.69, 9.17) is 5.11 Å². The maximum Gasteiger partial charge on any atom is 0.307 e. The molecule has 88 valence electrons. The van der Waals surface area contributed by atoms with Crippen LogP contribution in [0.15, 0.2) is 0 Å². The van der Waals surface area contributed by atoms with Crippen molar-refractivity contribution in [1.82, 2.24) is 4.31 Å². The van der Waals surface area contributed by atoms with Gasteiger partial charge in [0.05, 0.1) is 10.7 Å². The molecule has 0 aromatic rings. The van der Waals surface area contributed by atoms with Crippen LogP contribution in [-0.4, -0.2) is 41.6 Å². The summed E-state index contributed by atoms with van der Waals surface area (Å²) in [5.41, 5.74) is 0. The molecule has 1 heterocycles. The molecule has 1 unspecified atom stereocenters. The molecule has 1 N–H and O–H groups in total. The quantitative estimate of drug-likeness (QED) is 0.757. The van der Waals surface area contributed by atoms with Crippen LogP contribution in [0, 0.1) is 5.92 Å². The SMILES string of the molecule is CC(C)(C)S(=O)(=O)N1CCC(C(=O)O)C1. The summed E-state index contributed by atoms with van der Waals surface area (Å²) in [6, 6.07) is 0. The van der Waals surface area contributed by atoms with Crippen molar-refractivity contribution >= 4 is 16.0 Å². The van der Waals surface area contributed by atoms with E-state index < -0.39 is 26.7 Å². The van der Waals surface area contributed by atoms with Gasteiger partial charge in [0, 0.05) is 13.1 Å². The summed E-state index contributed by atoms with van der Waals surface area (Å²) in [5.74, 6) is -1.47. The molecule has 0 spiro atoms. The van der Waals surface area contributed by atoms with Gasteiger partial charge in [-0.15, -0.1) is 0 Å². The number of rotatable bonds is 2. The van der Waals surface area contributed by atoms with Crippen LogP contribution in [0.4, 0.5) is 0 Å². The van der Waals surface area contributed by atoms with Crippen molar-refractivity contribution in [2.45, 2.75) is 31.9 Å². The van der Waals surface area contributed by atoms with Crippen LogP contribution in [0.1, 0.15) is 27.2 Å². The highest BCUT2D eigenvalue weighted by molar-refractivity contribution is 7.90. The minimum Gasteiger partial charge on any atom is -0.481 e. The van der Waals surface area contributed by atoms with E-state index in [0.29, 0.717) is 13.0 Å². The average molecular weight is 235 g/mol. The molecular weight excluding hydrogens is 218 g/mol. The highest BCUT2D eigenvalue weighted by atomic mass is 32.2. The number of carboxylic acids is 1. The van der Waals surface area contributed by atoms with Crippen molar-refractivity contribution in [3.8, 4) is 0 Å². The molecule has 15 heavy (non-hydrogen) atoms. The molecule has 1 fully saturated rings. The number of hydrogen-bond acceptors (Lipinski definition) is 3. The van der Waals surface area contributed by atoms with Crippen LogP contribution in [0.3, 0.4) is 0 Å². The third kappa shape index (κ3) is 2.31. The zero-order chi connectivity index (χ0) is 11.9. The monoisotopic (exact) mass is 235 g/mol. The second kappa shape index (κ2) is 3.75. The van der Waals surface area contributed by atoms with E-state index in [1.165, 1.54) is 4.31 Å². The highest BCUT2D eigenvalue weighted by Crippen LogP contribution is 2.26. The standard InChI is InChI=1S/C9H17NO4S/c1-9(2,3)15(13,14)10-5-4-7(6-10)8(11)12/h7H,4-6H2,1-3H3,(H,11,12). The molecular formula is C9H17NO4S. The summed E-state index contributed by atoms with van der Waals surface area (Å²) in [6.45, 7) is 5.29. The molecule has 0 aromatic carbocycles. The lowest BCUT2D eigenvalue weighted by Crippen LogP contribution is -2.42. The van der Waals surface area contributed by atoms with Gasteiger partial charge in [-0.3, -0.25) is 4.79 Å². The van der Waals surface area contributed by atoms with Gasteiger partial charge in [0.1, 0.15) is 0 Å². The van der Waals surface area contributed by atoms with Crippen molar-refractivity contribution in [3.05, 3.63) is 0 Å². The molecule has 6 heteroatoms. The van der Waals surface area contributed by atoms with Crippen LogP contribution >= 0.6 is 0 Å². The summed E-state index contributed by atoms with van der Waals surface area (Å²) < 4.78 is 24.3. The van der Waals surface area contributed by atoms with Gasteiger partial charge in [-0.1, -0.05) is 0 Å². The summed E-state index contributed by atoms with van der Waals surface area (Å²) >= 11 is 0. The molecule has 0 amide bonds. The number of sulfonamides is 1. The van der Waals surface area contributed by atoms with E-state index in [-0.39, 0.29) is 6.54 Å². The third-order valence-electron chi connectivity index (χ3n) is 2.61. The molecule has 5 nitrogen and oxygen atoms in total. The van der Waals surface area contributed by atoms with E-state index in [0.717, 1.165) is 0 Å². The summed E-state index contributed by atoms with van der Waals surface area (Å²) in [7, 11) is -3.37. The zero-order valence-electron chi connectivity index (χ0n) is 9.23. The lowest BCUT2D eigenvalue weighted by atomic mass is 10.1. The van der Waals surface area contributed by atoms with Crippen LogP contribution in [-0.2, 0) is 14.8 Å². The second-order valence-corrected chi connectivity index (χ2v) is 7.49. The molecule has 0 aromatic heterocycles. The Morgan fingerprint density at radius 3 is 2.27 bits per heavy atom. The first-order valence-electron chi connectivity index (χ1n) is 4.89. The van der Waals surface area contributed by atoms with Crippen molar-refractivity contribution in [3.63, 3.8) is 0 Å². The molecule has 0 aliphatic carbocycles. The zero-order valence-corrected chi connectivity index (χ0v) is 10.0. The van der Waals surface area contributed by atoms with Gasteiger partial charge in [-0.2, -0.15) is 0 Å². The fourth-order valence-corrected chi connectivity index (χ4v) is 3.03. The van der Waals surface area contributed by atoms with Gasteiger partial charge in [0.25, 0.3) is 0 Å². The normalized spacial score (nSPS) is 24.3. The number of aliphatic carboxylic acids is 1.